The van der Waals surface area contributed by atoms with Crippen molar-refractivity contribution in [2.24, 2.45) is 0 Å². The third kappa shape index (κ3) is 5.78. The predicted molar refractivity (Wildman–Crippen MR) is 111 cm³/mol. The number of rotatable bonds is 10. The third-order valence-electron chi connectivity index (χ3n) is 5.38. The minimum Gasteiger partial charge on any atom is -0.478 e. The van der Waals surface area contributed by atoms with Crippen molar-refractivity contribution in [2.75, 3.05) is 37.7 Å². The fraction of sp³-hybridized carbons (Fsp3) is 0.632. The van der Waals surface area contributed by atoms with Crippen LogP contribution < -0.4 is 0 Å². The molecule has 0 aliphatic carbocycles. The van der Waals surface area contributed by atoms with Crippen molar-refractivity contribution in [1.29, 1.82) is 0 Å². The maximum absolute atomic E-state index is 13.5. The standard InChI is InChI=1S/C19H30N2O6S2/c1-4-20(5-2)10-6-11-21(17-9-12-28(24,25)14-17)29(26,27)18-13-16(19(22)23)8-7-15(18)3/h7-8,13,17H,4-6,9-12,14H2,1-3H3,(H,22,23)/t17-/m0/s1. The third-order valence-corrected chi connectivity index (χ3v) is 9.23. The summed E-state index contributed by atoms with van der Waals surface area (Å²) < 4.78 is 52.2. The molecule has 1 fully saturated rings. The van der Waals surface area contributed by atoms with Crippen LogP contribution in [0.25, 0.3) is 0 Å². The Balaban J connectivity index is 2.38. The Morgan fingerprint density at radius 3 is 2.38 bits per heavy atom. The van der Waals surface area contributed by atoms with E-state index in [0.29, 0.717) is 18.5 Å². The normalized spacial score (nSPS) is 19.1. The van der Waals surface area contributed by atoms with Crippen LogP contribution in [0, 0.1) is 6.92 Å². The zero-order valence-corrected chi connectivity index (χ0v) is 18.8. The highest BCUT2D eigenvalue weighted by atomic mass is 32.2. The summed E-state index contributed by atoms with van der Waals surface area (Å²) in [6, 6.07) is 3.36. The van der Waals surface area contributed by atoms with Gasteiger partial charge < -0.3 is 10.0 Å². The maximum atomic E-state index is 13.5. The van der Waals surface area contributed by atoms with E-state index < -0.39 is 31.9 Å². The average Bonchev–Trinajstić information content (AvgIpc) is 3.01. The number of aryl methyl sites for hydroxylation is 1. The van der Waals surface area contributed by atoms with Gasteiger partial charge in [-0.25, -0.2) is 21.6 Å². The molecule has 8 nitrogen and oxygen atoms in total. The van der Waals surface area contributed by atoms with Gasteiger partial charge in [0.2, 0.25) is 10.0 Å². The van der Waals surface area contributed by atoms with Gasteiger partial charge in [-0.2, -0.15) is 4.31 Å². The topological polar surface area (TPSA) is 112 Å². The number of nitrogens with zero attached hydrogens (tertiary/aromatic N) is 2. The maximum Gasteiger partial charge on any atom is 0.335 e. The molecular weight excluding hydrogens is 416 g/mol. The second kappa shape index (κ2) is 9.55. The van der Waals surface area contributed by atoms with Crippen LogP contribution in [0.1, 0.15) is 42.6 Å². The van der Waals surface area contributed by atoms with E-state index in [1.165, 1.54) is 16.4 Å². The van der Waals surface area contributed by atoms with Crippen molar-refractivity contribution < 1.29 is 26.7 Å². The molecule has 0 spiro atoms. The van der Waals surface area contributed by atoms with Gasteiger partial charge in [0.15, 0.2) is 9.84 Å². The average molecular weight is 447 g/mol. The Labute approximate surface area is 173 Å². The molecule has 10 heteroatoms. The molecule has 1 aromatic carbocycles. The molecule has 1 aliphatic rings. The van der Waals surface area contributed by atoms with Gasteiger partial charge >= 0.3 is 5.97 Å². The first kappa shape index (κ1) is 23.8. The van der Waals surface area contributed by atoms with Crippen molar-refractivity contribution in [3.63, 3.8) is 0 Å². The summed E-state index contributed by atoms with van der Waals surface area (Å²) in [5, 5.41) is 9.25. The monoisotopic (exact) mass is 446 g/mol. The summed E-state index contributed by atoms with van der Waals surface area (Å²) in [5.41, 5.74) is 0.320. The second-order valence-electron chi connectivity index (χ2n) is 7.34. The summed E-state index contributed by atoms with van der Waals surface area (Å²) in [5.74, 6) is -1.44. The van der Waals surface area contributed by atoms with Crippen LogP contribution in [-0.4, -0.2) is 80.8 Å². The number of carbonyl (C=O) groups is 1. The second-order valence-corrected chi connectivity index (χ2v) is 11.4. The smallest absolute Gasteiger partial charge is 0.335 e. The molecule has 0 aromatic heterocycles. The molecule has 2 rings (SSSR count). The van der Waals surface area contributed by atoms with Gasteiger partial charge in [0.25, 0.3) is 0 Å². The van der Waals surface area contributed by atoms with Crippen LogP contribution in [0.3, 0.4) is 0 Å². The van der Waals surface area contributed by atoms with Crippen molar-refractivity contribution >= 4 is 25.8 Å². The summed E-state index contributed by atoms with van der Waals surface area (Å²) >= 11 is 0. The van der Waals surface area contributed by atoms with Gasteiger partial charge in [-0.1, -0.05) is 19.9 Å². The van der Waals surface area contributed by atoms with Gasteiger partial charge in [-0.15, -0.1) is 0 Å². The van der Waals surface area contributed by atoms with E-state index in [4.69, 9.17) is 0 Å². The lowest BCUT2D eigenvalue weighted by Gasteiger charge is -2.29. The highest BCUT2D eigenvalue weighted by Crippen LogP contribution is 2.28. The Morgan fingerprint density at radius 2 is 1.86 bits per heavy atom. The molecule has 1 saturated heterocycles. The van der Waals surface area contributed by atoms with E-state index in [1.54, 1.807) is 6.92 Å². The van der Waals surface area contributed by atoms with E-state index in [9.17, 15) is 26.7 Å². The van der Waals surface area contributed by atoms with Gasteiger partial charge in [0.05, 0.1) is 22.0 Å². The number of sulfone groups is 1. The Morgan fingerprint density at radius 1 is 1.21 bits per heavy atom. The van der Waals surface area contributed by atoms with Crippen LogP contribution in [0.15, 0.2) is 23.1 Å². The number of sulfonamides is 1. The molecule has 0 unspecified atom stereocenters. The summed E-state index contributed by atoms with van der Waals surface area (Å²) in [4.78, 5) is 13.4. The molecule has 0 bridgehead atoms. The highest BCUT2D eigenvalue weighted by molar-refractivity contribution is 7.92. The number of carboxylic acid groups (broad SMARTS) is 1. The van der Waals surface area contributed by atoms with E-state index >= 15 is 0 Å². The largest absolute Gasteiger partial charge is 0.478 e. The summed E-state index contributed by atoms with van der Waals surface area (Å²) in [6.45, 7) is 8.26. The first-order chi connectivity index (χ1) is 13.5. The Kier molecular flexibility index (Phi) is 7.83. The van der Waals surface area contributed by atoms with Gasteiger partial charge in [0.1, 0.15) is 0 Å². The number of hydrogen-bond donors (Lipinski definition) is 1. The Bertz CT molecular complexity index is 939. The molecule has 1 N–H and O–H groups in total. The quantitative estimate of drug-likeness (QED) is 0.581. The van der Waals surface area contributed by atoms with Crippen LogP contribution >= 0.6 is 0 Å². The van der Waals surface area contributed by atoms with E-state index in [2.05, 4.69) is 4.90 Å². The van der Waals surface area contributed by atoms with Gasteiger partial charge in [0, 0.05) is 12.6 Å². The molecule has 1 atom stereocenters. The zero-order valence-electron chi connectivity index (χ0n) is 17.2. The number of carboxylic acids is 1. The molecule has 0 radical (unpaired) electrons. The molecule has 29 heavy (non-hydrogen) atoms. The molecule has 1 aliphatic heterocycles. The van der Waals surface area contributed by atoms with Crippen LogP contribution in [0.5, 0.6) is 0 Å². The SMILES string of the molecule is CCN(CC)CCCN([C@H]1CCS(=O)(=O)C1)S(=O)(=O)c1cc(C(=O)O)ccc1C. The number of hydrogen-bond acceptors (Lipinski definition) is 6. The molecule has 1 heterocycles. The zero-order chi connectivity index (χ0) is 21.8. The lowest BCUT2D eigenvalue weighted by molar-refractivity contribution is 0.0696. The molecular formula is C19H30N2O6S2. The van der Waals surface area contributed by atoms with Crippen LogP contribution in [0.2, 0.25) is 0 Å². The first-order valence-corrected chi connectivity index (χ1v) is 13.1. The lowest BCUT2D eigenvalue weighted by atomic mass is 10.1. The van der Waals surface area contributed by atoms with Crippen molar-refractivity contribution in [3.05, 3.63) is 29.3 Å². The van der Waals surface area contributed by atoms with E-state index in [-0.39, 0.29) is 34.9 Å². The predicted octanol–water partition coefficient (Wildman–Crippen LogP) is 1.60. The molecule has 164 valence electrons. The van der Waals surface area contributed by atoms with Crippen LogP contribution in [0.4, 0.5) is 0 Å². The fourth-order valence-corrected chi connectivity index (χ4v) is 7.40. The van der Waals surface area contributed by atoms with Crippen LogP contribution in [-0.2, 0) is 19.9 Å². The molecule has 0 amide bonds. The summed E-state index contributed by atoms with van der Waals surface area (Å²) in [6.07, 6.45) is 0.819. The highest BCUT2D eigenvalue weighted by Gasteiger charge is 2.39. The fourth-order valence-electron chi connectivity index (χ4n) is 3.63. The number of benzene rings is 1. The van der Waals surface area contributed by atoms with E-state index in [0.717, 1.165) is 19.2 Å². The minimum atomic E-state index is -4.05. The van der Waals surface area contributed by atoms with E-state index in [1.807, 2.05) is 13.8 Å². The molecule has 0 saturated carbocycles. The van der Waals surface area contributed by atoms with Crippen molar-refractivity contribution in [2.45, 2.75) is 44.6 Å². The lowest BCUT2D eigenvalue weighted by Crippen LogP contribution is -2.43. The van der Waals surface area contributed by atoms with Crippen molar-refractivity contribution in [3.8, 4) is 0 Å². The van der Waals surface area contributed by atoms with Gasteiger partial charge in [-0.3, -0.25) is 0 Å². The Hall–Kier alpha value is -1.49. The molecule has 1 aromatic rings. The first-order valence-electron chi connectivity index (χ1n) is 9.80. The van der Waals surface area contributed by atoms with Gasteiger partial charge in [-0.05, 0) is 57.1 Å². The van der Waals surface area contributed by atoms with Crippen molar-refractivity contribution in [1.82, 2.24) is 9.21 Å². The minimum absolute atomic E-state index is 0.0338. The summed E-state index contributed by atoms with van der Waals surface area (Å²) in [7, 11) is -7.32. The number of aromatic carboxylic acids is 1.